The largest absolute Gasteiger partial charge is 0.481 e. The summed E-state index contributed by atoms with van der Waals surface area (Å²) in [4.78, 5) is 43.0. The number of aliphatic carboxylic acids is 1. The molecule has 8 nitrogen and oxygen atoms in total. The molecule has 1 aromatic rings. The number of halogens is 2. The second kappa shape index (κ2) is 10.2. The fraction of sp³-hybridized carbons (Fsp3) is 0.560. The number of rotatable bonds is 10. The van der Waals surface area contributed by atoms with Crippen LogP contribution in [0.3, 0.4) is 0 Å². The first-order valence-corrected chi connectivity index (χ1v) is 13.1. The number of carbonyl (C=O) groups excluding carboxylic acids is 2. The molecule has 6 atom stereocenters. The van der Waals surface area contributed by atoms with E-state index in [-0.39, 0.29) is 36.3 Å². The van der Waals surface area contributed by atoms with Crippen LogP contribution in [0.1, 0.15) is 31.2 Å². The van der Waals surface area contributed by atoms with Gasteiger partial charge in [0, 0.05) is 24.5 Å². The average Bonchev–Trinajstić information content (AvgIpc) is 3.39. The van der Waals surface area contributed by atoms with E-state index in [0.29, 0.717) is 36.4 Å². The molecule has 1 spiro atoms. The van der Waals surface area contributed by atoms with Crippen LogP contribution in [0.2, 0.25) is 5.02 Å². The maximum Gasteiger partial charge on any atom is 0.310 e. The van der Waals surface area contributed by atoms with Crippen LogP contribution in [0.25, 0.3) is 0 Å². The van der Waals surface area contributed by atoms with Crippen LogP contribution < -0.4 is 4.90 Å². The molecule has 3 saturated heterocycles. The molecule has 190 valence electrons. The minimum atomic E-state index is -1.25. The van der Waals surface area contributed by atoms with E-state index in [4.69, 9.17) is 21.4 Å². The highest BCUT2D eigenvalue weighted by atomic mass is 79.9. The number of para-hydroxylation sites is 1. The average molecular weight is 570 g/mol. The van der Waals surface area contributed by atoms with E-state index in [1.54, 1.807) is 18.2 Å². The third kappa shape index (κ3) is 4.20. The molecule has 3 fully saturated rings. The van der Waals surface area contributed by atoms with E-state index in [1.165, 1.54) is 9.80 Å². The molecule has 1 aromatic carbocycles. The lowest BCUT2D eigenvalue weighted by molar-refractivity contribution is -0.149. The molecule has 3 unspecified atom stereocenters. The number of anilines is 1. The van der Waals surface area contributed by atoms with Crippen LogP contribution in [0.5, 0.6) is 0 Å². The quantitative estimate of drug-likeness (QED) is 0.255. The van der Waals surface area contributed by atoms with Crippen molar-refractivity contribution in [3.8, 4) is 0 Å². The van der Waals surface area contributed by atoms with Crippen molar-refractivity contribution in [3.63, 3.8) is 0 Å². The number of alkyl halides is 1. The lowest BCUT2D eigenvalue weighted by Crippen LogP contribution is -2.57. The highest BCUT2D eigenvalue weighted by molar-refractivity contribution is 9.09. The maximum absolute atomic E-state index is 14.3. The van der Waals surface area contributed by atoms with E-state index >= 15 is 0 Å². The van der Waals surface area contributed by atoms with E-state index in [9.17, 15) is 19.5 Å². The number of ether oxygens (including phenoxy) is 1. The van der Waals surface area contributed by atoms with Crippen molar-refractivity contribution in [2.75, 3.05) is 24.6 Å². The summed E-state index contributed by atoms with van der Waals surface area (Å²) in [5, 5.41) is 19.5. The Morgan fingerprint density at radius 2 is 2.11 bits per heavy atom. The third-order valence-electron chi connectivity index (χ3n) is 7.40. The van der Waals surface area contributed by atoms with Gasteiger partial charge < -0.3 is 24.7 Å². The number of fused-ring (bicyclic) bond motifs is 1. The van der Waals surface area contributed by atoms with Crippen LogP contribution in [-0.4, -0.2) is 75.2 Å². The molecular formula is C25H30BrClN2O6. The lowest BCUT2D eigenvalue weighted by atomic mass is 9.70. The van der Waals surface area contributed by atoms with Gasteiger partial charge in [-0.05, 0) is 44.2 Å². The molecule has 0 aromatic heterocycles. The van der Waals surface area contributed by atoms with Crippen molar-refractivity contribution in [1.29, 1.82) is 0 Å². The van der Waals surface area contributed by atoms with Gasteiger partial charge in [0.2, 0.25) is 5.91 Å². The number of likely N-dealkylation sites (tertiary alicyclic amines) is 1. The highest BCUT2D eigenvalue weighted by Crippen LogP contribution is 2.60. The van der Waals surface area contributed by atoms with Crippen LogP contribution in [-0.2, 0) is 19.1 Å². The fourth-order valence-corrected chi connectivity index (χ4v) is 7.30. The predicted molar refractivity (Wildman–Crippen MR) is 135 cm³/mol. The number of amides is 2. The first kappa shape index (κ1) is 26.1. The number of aliphatic hydroxyl groups is 1. The summed E-state index contributed by atoms with van der Waals surface area (Å²) in [6.45, 7) is 6.12. The van der Waals surface area contributed by atoms with Crippen molar-refractivity contribution < 1.29 is 29.3 Å². The zero-order valence-electron chi connectivity index (χ0n) is 19.5. The zero-order chi connectivity index (χ0) is 25.5. The number of aryl methyl sites for hydroxylation is 1. The number of carboxylic acids is 1. The van der Waals surface area contributed by atoms with Crippen molar-refractivity contribution in [3.05, 3.63) is 41.4 Å². The summed E-state index contributed by atoms with van der Waals surface area (Å²) >= 11 is 10.1. The SMILES string of the molecule is C=CCN(C(=O)C1N(CCCCCO)C(=O)[C@@H]2[C@@H](C(=O)O)[C@@H]3OC12CC3Br)c1c(C)cccc1Cl. The summed E-state index contributed by atoms with van der Waals surface area (Å²) in [6.07, 6.45) is 3.08. The Labute approximate surface area is 218 Å². The van der Waals surface area contributed by atoms with E-state index in [2.05, 4.69) is 22.5 Å². The van der Waals surface area contributed by atoms with Crippen LogP contribution in [0.4, 0.5) is 5.69 Å². The van der Waals surface area contributed by atoms with Crippen molar-refractivity contribution in [2.24, 2.45) is 11.8 Å². The Bertz CT molecular complexity index is 1020. The van der Waals surface area contributed by atoms with Crippen LogP contribution in [0, 0.1) is 18.8 Å². The van der Waals surface area contributed by atoms with Gasteiger partial charge in [-0.2, -0.15) is 0 Å². The lowest BCUT2D eigenvalue weighted by Gasteiger charge is -2.37. The molecule has 0 radical (unpaired) electrons. The molecule has 0 saturated carbocycles. The van der Waals surface area contributed by atoms with Crippen molar-refractivity contribution in [2.45, 2.75) is 55.2 Å². The molecule has 3 heterocycles. The van der Waals surface area contributed by atoms with Gasteiger partial charge in [0.15, 0.2) is 0 Å². The first-order valence-electron chi connectivity index (χ1n) is 11.8. The molecule has 3 aliphatic rings. The smallest absolute Gasteiger partial charge is 0.310 e. The van der Waals surface area contributed by atoms with Gasteiger partial charge in [0.25, 0.3) is 5.91 Å². The minimum absolute atomic E-state index is 0.0406. The number of unbranched alkanes of at least 4 members (excludes halogenated alkanes) is 2. The van der Waals surface area contributed by atoms with Gasteiger partial charge in [-0.25, -0.2) is 0 Å². The normalized spacial score (nSPS) is 31.0. The van der Waals surface area contributed by atoms with Gasteiger partial charge in [-0.1, -0.05) is 45.7 Å². The topological polar surface area (TPSA) is 107 Å². The summed E-state index contributed by atoms with van der Waals surface area (Å²) in [6, 6.07) is 4.35. The van der Waals surface area contributed by atoms with E-state index in [1.807, 2.05) is 13.0 Å². The van der Waals surface area contributed by atoms with Crippen molar-refractivity contribution >= 4 is 51.0 Å². The van der Waals surface area contributed by atoms with E-state index < -0.39 is 35.6 Å². The summed E-state index contributed by atoms with van der Waals surface area (Å²) in [5.41, 5.74) is 0.0741. The Kier molecular flexibility index (Phi) is 7.62. The first-order chi connectivity index (χ1) is 16.7. The number of benzene rings is 1. The second-order valence-electron chi connectivity index (χ2n) is 9.46. The predicted octanol–water partition coefficient (Wildman–Crippen LogP) is 3.16. The van der Waals surface area contributed by atoms with Crippen LogP contribution in [0.15, 0.2) is 30.9 Å². The second-order valence-corrected chi connectivity index (χ2v) is 11.0. The number of carboxylic acid groups (broad SMARTS) is 1. The van der Waals surface area contributed by atoms with Gasteiger partial charge in [-0.15, -0.1) is 6.58 Å². The summed E-state index contributed by atoms with van der Waals surface area (Å²) in [5.74, 6) is -3.81. The van der Waals surface area contributed by atoms with Gasteiger partial charge >= 0.3 is 5.97 Å². The maximum atomic E-state index is 14.3. The van der Waals surface area contributed by atoms with Crippen molar-refractivity contribution in [1.82, 2.24) is 4.90 Å². The molecular weight excluding hydrogens is 540 g/mol. The number of hydrogen-bond acceptors (Lipinski definition) is 5. The van der Waals surface area contributed by atoms with Gasteiger partial charge in [0.05, 0.1) is 28.6 Å². The number of carbonyl (C=O) groups is 3. The van der Waals surface area contributed by atoms with E-state index in [0.717, 1.165) is 5.56 Å². The van der Waals surface area contributed by atoms with Gasteiger partial charge in [-0.3, -0.25) is 14.4 Å². The molecule has 3 aliphatic heterocycles. The molecule has 2 bridgehead atoms. The molecule has 10 heteroatoms. The standard InChI is InChI=1S/C25H30BrClN2O6/c1-3-10-28(19-14(2)8-7-9-16(19)27)23(32)21-25-13-15(26)20(35-25)17(24(33)34)18(25)22(31)29(21)11-5-4-6-12-30/h3,7-9,15,17-18,20-21,30H,1,4-6,10-13H2,2H3,(H,33,34)/t15?,17-,18+,20-,21?,25?/m1/s1. The number of aliphatic hydroxyl groups excluding tert-OH is 1. The Balaban J connectivity index is 1.79. The summed E-state index contributed by atoms with van der Waals surface area (Å²) < 4.78 is 6.32. The number of hydrogen-bond donors (Lipinski definition) is 2. The zero-order valence-corrected chi connectivity index (χ0v) is 21.9. The number of nitrogens with zero attached hydrogens (tertiary/aromatic N) is 2. The Morgan fingerprint density at radius 1 is 1.37 bits per heavy atom. The summed E-state index contributed by atoms with van der Waals surface area (Å²) in [7, 11) is 0. The fourth-order valence-electron chi connectivity index (χ4n) is 6.04. The molecule has 35 heavy (non-hydrogen) atoms. The molecule has 2 N–H and O–H groups in total. The molecule has 4 rings (SSSR count). The highest BCUT2D eigenvalue weighted by Gasteiger charge is 2.76. The van der Waals surface area contributed by atoms with Gasteiger partial charge in [0.1, 0.15) is 11.6 Å². The minimum Gasteiger partial charge on any atom is -0.481 e. The third-order valence-corrected chi connectivity index (χ3v) is 8.55. The Morgan fingerprint density at radius 3 is 2.74 bits per heavy atom. The monoisotopic (exact) mass is 568 g/mol. The molecule has 2 amide bonds. The molecule has 0 aliphatic carbocycles. The van der Waals surface area contributed by atoms with Crippen LogP contribution >= 0.6 is 27.5 Å². The Hall–Kier alpha value is -1.94.